The summed E-state index contributed by atoms with van der Waals surface area (Å²) in [7, 11) is 0. The van der Waals surface area contributed by atoms with E-state index in [1.807, 2.05) is 0 Å². The van der Waals surface area contributed by atoms with E-state index in [4.69, 9.17) is 9.85 Å². The van der Waals surface area contributed by atoms with Gasteiger partial charge in [0.25, 0.3) is 0 Å². The molecule has 13 heavy (non-hydrogen) atoms. The minimum Gasteiger partial charge on any atom is -0.327 e. The fraction of sp³-hybridized carbons (Fsp3) is 1.00. The molecule has 0 aromatic carbocycles. The van der Waals surface area contributed by atoms with Crippen LogP contribution in [0.3, 0.4) is 0 Å². The molecule has 0 heterocycles. The Morgan fingerprint density at radius 1 is 1.15 bits per heavy atom. The van der Waals surface area contributed by atoms with Crippen molar-refractivity contribution in [3.8, 4) is 0 Å². The summed E-state index contributed by atoms with van der Waals surface area (Å²) in [5.74, 6) is 2.33. The van der Waals surface area contributed by atoms with Crippen LogP contribution in [-0.4, -0.2) is 6.04 Å². The monoisotopic (exact) mass is 182 g/mol. The van der Waals surface area contributed by atoms with Crippen molar-refractivity contribution < 1.29 is 4.11 Å². The van der Waals surface area contributed by atoms with Gasteiger partial charge in [-0.15, -0.1) is 0 Å². The Morgan fingerprint density at radius 3 is 2.00 bits per heavy atom. The van der Waals surface area contributed by atoms with Crippen LogP contribution in [0.1, 0.15) is 49.5 Å². The van der Waals surface area contributed by atoms with Gasteiger partial charge in [-0.05, 0) is 68.5 Å². The molecule has 0 aromatic rings. The van der Waals surface area contributed by atoms with Crippen LogP contribution in [0, 0.1) is 23.2 Å². The van der Waals surface area contributed by atoms with E-state index in [-0.39, 0.29) is 5.41 Å². The fourth-order valence-electron chi connectivity index (χ4n) is 4.56. The van der Waals surface area contributed by atoms with Crippen molar-refractivity contribution in [2.45, 2.75) is 51.4 Å². The molecule has 0 amide bonds. The molecule has 4 fully saturated rings. The summed E-state index contributed by atoms with van der Waals surface area (Å²) in [4.78, 5) is 0. The smallest absolute Gasteiger partial charge is 0.0246 e. The van der Waals surface area contributed by atoms with Crippen molar-refractivity contribution in [2.75, 3.05) is 0 Å². The van der Waals surface area contributed by atoms with Crippen LogP contribution in [0.15, 0.2) is 0 Å². The third kappa shape index (κ3) is 1.09. The molecule has 0 spiro atoms. The number of nitrogens with two attached hydrogens (primary N) is 1. The van der Waals surface area contributed by atoms with Crippen molar-refractivity contribution in [3.05, 3.63) is 0 Å². The Labute approximate surface area is 85.3 Å². The van der Waals surface area contributed by atoms with Crippen LogP contribution in [0.25, 0.3) is 0 Å². The Bertz CT molecular complexity index is 262. The highest BCUT2D eigenvalue weighted by Crippen LogP contribution is 2.60. The van der Waals surface area contributed by atoms with Gasteiger partial charge in [-0.3, -0.25) is 0 Å². The summed E-state index contributed by atoms with van der Waals surface area (Å²) in [6.45, 7) is -1.97. The molecule has 2 N–H and O–H groups in total. The molecule has 1 atom stereocenters. The summed E-state index contributed by atoms with van der Waals surface area (Å²) in [6, 6.07) is -0.589. The standard InChI is InChI=1S/C12H21N/c1-8(13)12-5-9-2-10(6-12)4-11(3-9)7-12/h8-11H,2-7,13H2,1H3/t8-,9?,10?,11?,12?/m0/s1/i1D3. The van der Waals surface area contributed by atoms with Gasteiger partial charge >= 0.3 is 0 Å². The number of hydrogen-bond acceptors (Lipinski definition) is 1. The van der Waals surface area contributed by atoms with E-state index in [0.717, 1.165) is 37.0 Å². The van der Waals surface area contributed by atoms with Gasteiger partial charge in [-0.2, -0.15) is 0 Å². The molecule has 0 aromatic heterocycles. The summed E-state index contributed by atoms with van der Waals surface area (Å²) in [5.41, 5.74) is 6.05. The molecule has 4 rings (SSSR count). The second kappa shape index (κ2) is 2.50. The van der Waals surface area contributed by atoms with E-state index < -0.39 is 12.9 Å². The maximum absolute atomic E-state index is 7.58. The minimum atomic E-state index is -1.97. The van der Waals surface area contributed by atoms with Crippen molar-refractivity contribution in [1.82, 2.24) is 0 Å². The first-order chi connectivity index (χ1) is 7.39. The summed E-state index contributed by atoms with van der Waals surface area (Å²) in [6.07, 6.45) is 7.27. The van der Waals surface area contributed by atoms with Crippen LogP contribution in [-0.2, 0) is 0 Å². The second-order valence-corrected chi connectivity index (χ2v) is 5.76. The second-order valence-electron chi connectivity index (χ2n) is 5.76. The van der Waals surface area contributed by atoms with Crippen molar-refractivity contribution in [2.24, 2.45) is 28.9 Å². The molecule has 4 aliphatic rings. The molecule has 1 heteroatoms. The Balaban J connectivity index is 1.88. The zero-order chi connectivity index (χ0) is 11.6. The van der Waals surface area contributed by atoms with Crippen molar-refractivity contribution in [3.63, 3.8) is 0 Å². The van der Waals surface area contributed by atoms with Crippen molar-refractivity contribution >= 4 is 0 Å². The molecule has 4 bridgehead atoms. The normalized spacial score (nSPS) is 59.8. The average molecular weight is 182 g/mol. The van der Waals surface area contributed by atoms with Crippen LogP contribution in [0.4, 0.5) is 0 Å². The molecule has 74 valence electrons. The third-order valence-corrected chi connectivity index (χ3v) is 4.75. The van der Waals surface area contributed by atoms with Gasteiger partial charge in [0.15, 0.2) is 0 Å². The molecule has 0 radical (unpaired) electrons. The van der Waals surface area contributed by atoms with E-state index in [1.54, 1.807) is 0 Å². The molecule has 4 saturated carbocycles. The molecule has 0 saturated heterocycles. The molecule has 4 aliphatic carbocycles. The van der Waals surface area contributed by atoms with Gasteiger partial charge in [-0.1, -0.05) is 0 Å². The maximum atomic E-state index is 7.58. The average Bonchev–Trinajstić information content (AvgIpc) is 2.12. The molecular weight excluding hydrogens is 158 g/mol. The van der Waals surface area contributed by atoms with Gasteiger partial charge in [0.2, 0.25) is 0 Å². The minimum absolute atomic E-state index is 0.0417. The van der Waals surface area contributed by atoms with Gasteiger partial charge in [0, 0.05) is 10.2 Å². The predicted molar refractivity (Wildman–Crippen MR) is 54.3 cm³/mol. The Morgan fingerprint density at radius 2 is 1.62 bits per heavy atom. The Kier molecular flexibility index (Phi) is 1.11. The van der Waals surface area contributed by atoms with E-state index in [2.05, 4.69) is 0 Å². The maximum Gasteiger partial charge on any atom is 0.0246 e. The summed E-state index contributed by atoms with van der Waals surface area (Å²) < 4.78 is 22.7. The lowest BCUT2D eigenvalue weighted by Gasteiger charge is -2.58. The highest BCUT2D eigenvalue weighted by Gasteiger charge is 2.52. The molecular formula is C12H21N. The fourth-order valence-corrected chi connectivity index (χ4v) is 4.56. The van der Waals surface area contributed by atoms with E-state index in [9.17, 15) is 0 Å². The first kappa shape index (κ1) is 5.75. The zero-order valence-corrected chi connectivity index (χ0v) is 8.13. The predicted octanol–water partition coefficient (Wildman–Crippen LogP) is 2.55. The van der Waals surface area contributed by atoms with Gasteiger partial charge < -0.3 is 5.73 Å². The SMILES string of the molecule is [2H]C([2H])([2H])[C@H](N)C12CC3CC(CC(C3)C1)C2. The zero-order valence-electron chi connectivity index (χ0n) is 11.1. The number of hydrogen-bond donors (Lipinski definition) is 1. The van der Waals surface area contributed by atoms with Crippen LogP contribution in [0.2, 0.25) is 0 Å². The first-order valence-electron chi connectivity index (χ1n) is 7.15. The van der Waals surface area contributed by atoms with Crippen LogP contribution in [0.5, 0.6) is 0 Å². The lowest BCUT2D eigenvalue weighted by atomic mass is 9.48. The molecule has 0 aliphatic heterocycles. The van der Waals surface area contributed by atoms with Crippen LogP contribution >= 0.6 is 0 Å². The van der Waals surface area contributed by atoms with Crippen molar-refractivity contribution in [1.29, 1.82) is 0 Å². The van der Waals surface area contributed by atoms with Crippen LogP contribution < -0.4 is 5.73 Å². The van der Waals surface area contributed by atoms with E-state index >= 15 is 0 Å². The lowest BCUT2D eigenvalue weighted by molar-refractivity contribution is -0.0637. The van der Waals surface area contributed by atoms with Gasteiger partial charge in [-0.25, -0.2) is 0 Å². The highest BCUT2D eigenvalue weighted by atomic mass is 14.7. The molecule has 0 unspecified atom stereocenters. The molecule has 1 nitrogen and oxygen atoms in total. The third-order valence-electron chi connectivity index (χ3n) is 4.75. The largest absolute Gasteiger partial charge is 0.327 e. The van der Waals surface area contributed by atoms with E-state index in [0.29, 0.717) is 0 Å². The number of rotatable bonds is 1. The van der Waals surface area contributed by atoms with Gasteiger partial charge in [0.05, 0.1) is 0 Å². The Hall–Kier alpha value is -0.0400. The lowest BCUT2D eigenvalue weighted by Crippen LogP contribution is -2.53. The highest BCUT2D eigenvalue weighted by molar-refractivity contribution is 5.04. The first-order valence-corrected chi connectivity index (χ1v) is 5.65. The topological polar surface area (TPSA) is 26.0 Å². The van der Waals surface area contributed by atoms with Gasteiger partial charge in [0.1, 0.15) is 0 Å². The summed E-state index contributed by atoms with van der Waals surface area (Å²) >= 11 is 0. The quantitative estimate of drug-likeness (QED) is 0.662. The van der Waals surface area contributed by atoms with E-state index in [1.165, 1.54) is 19.3 Å². The summed E-state index contributed by atoms with van der Waals surface area (Å²) in [5, 5.41) is 0.